The molecule has 0 radical (unpaired) electrons. The predicted molar refractivity (Wildman–Crippen MR) is 157 cm³/mol. The summed E-state index contributed by atoms with van der Waals surface area (Å²) in [6.45, 7) is 6.74. The molecule has 0 spiro atoms. The number of hydrogen-bond donors (Lipinski definition) is 0. The Labute approximate surface area is 221 Å². The van der Waals surface area contributed by atoms with E-state index in [1.54, 1.807) is 0 Å². The second-order valence-corrected chi connectivity index (χ2v) is 10.4. The third-order valence-corrected chi connectivity index (χ3v) is 6.60. The van der Waals surface area contributed by atoms with Gasteiger partial charge in [0.05, 0.1) is 17.4 Å². The summed E-state index contributed by atoms with van der Waals surface area (Å²) in [5, 5.41) is 7.19. The van der Waals surface area contributed by atoms with Crippen molar-refractivity contribution in [2.24, 2.45) is 5.10 Å². The van der Waals surface area contributed by atoms with Crippen LogP contribution in [0.5, 0.6) is 0 Å². The first kappa shape index (κ1) is 24.3. The van der Waals surface area contributed by atoms with Crippen LogP contribution in [0.25, 0.3) is 6.08 Å². The van der Waals surface area contributed by atoms with Crippen molar-refractivity contribution < 1.29 is 0 Å². The number of nitrogens with zero attached hydrogens (tertiary/aromatic N) is 2. The molecule has 37 heavy (non-hydrogen) atoms. The average molecular weight is 481 g/mol. The molecule has 0 aliphatic carbocycles. The predicted octanol–water partition coefficient (Wildman–Crippen LogP) is 8.08. The molecule has 2 heteroatoms. The first-order chi connectivity index (χ1) is 18.0. The Hall–Kier alpha value is -4.35. The molecule has 1 aliphatic rings. The van der Waals surface area contributed by atoms with Gasteiger partial charge < -0.3 is 0 Å². The zero-order valence-corrected chi connectivity index (χ0v) is 21.7. The van der Waals surface area contributed by atoms with Gasteiger partial charge in [-0.15, -0.1) is 0 Å². The molecule has 0 saturated carbocycles. The Bertz CT molecular complexity index is 1440. The lowest BCUT2D eigenvalue weighted by molar-refractivity contribution is 0.590. The number of hydrogen-bond acceptors (Lipinski definition) is 2. The molecular formula is C35H32N2. The van der Waals surface area contributed by atoms with Gasteiger partial charge in [0.1, 0.15) is 0 Å². The fourth-order valence-electron chi connectivity index (χ4n) is 4.41. The Morgan fingerprint density at radius 1 is 0.730 bits per heavy atom. The van der Waals surface area contributed by atoms with E-state index in [9.17, 15) is 0 Å². The van der Waals surface area contributed by atoms with E-state index in [0.717, 1.165) is 34.5 Å². The second kappa shape index (κ2) is 10.7. The van der Waals surface area contributed by atoms with Crippen molar-refractivity contribution in [3.8, 4) is 11.8 Å². The highest BCUT2D eigenvalue weighted by Gasteiger charge is 2.26. The van der Waals surface area contributed by atoms with Crippen molar-refractivity contribution in [1.82, 2.24) is 0 Å². The normalized spacial score (nSPS) is 15.4. The molecule has 0 aromatic heterocycles. The Kier molecular flexibility index (Phi) is 7.06. The van der Waals surface area contributed by atoms with E-state index in [1.807, 2.05) is 36.4 Å². The zero-order valence-electron chi connectivity index (χ0n) is 21.7. The van der Waals surface area contributed by atoms with Crippen molar-refractivity contribution in [2.45, 2.75) is 38.6 Å². The van der Waals surface area contributed by atoms with Gasteiger partial charge in [0.15, 0.2) is 0 Å². The first-order valence-electron chi connectivity index (χ1n) is 12.8. The number of rotatable bonds is 4. The largest absolute Gasteiger partial charge is 0.258 e. The SMILES string of the molecule is CC(C)(C)c1ccc(C=CC2CC(c3ccc(C#Cc4ccccc4)cc3)=NN2c2ccccc2)cc1. The lowest BCUT2D eigenvalue weighted by Crippen LogP contribution is -2.23. The summed E-state index contributed by atoms with van der Waals surface area (Å²) in [4.78, 5) is 0. The monoisotopic (exact) mass is 480 g/mol. The summed E-state index contributed by atoms with van der Waals surface area (Å²) in [5.74, 6) is 6.49. The molecule has 1 aliphatic heterocycles. The van der Waals surface area contributed by atoms with Crippen LogP contribution in [0.4, 0.5) is 5.69 Å². The topological polar surface area (TPSA) is 15.6 Å². The van der Waals surface area contributed by atoms with E-state index in [-0.39, 0.29) is 11.5 Å². The van der Waals surface area contributed by atoms with Gasteiger partial charge in [-0.2, -0.15) is 5.10 Å². The van der Waals surface area contributed by atoms with Gasteiger partial charge in [-0.1, -0.05) is 118 Å². The Balaban J connectivity index is 1.36. The number of hydrazone groups is 1. The van der Waals surface area contributed by atoms with Crippen LogP contribution in [0.1, 0.15) is 55.0 Å². The fraction of sp³-hybridized carbons (Fsp3) is 0.171. The molecule has 0 amide bonds. The number of benzene rings is 4. The third-order valence-electron chi connectivity index (χ3n) is 6.60. The van der Waals surface area contributed by atoms with Crippen molar-refractivity contribution in [3.05, 3.63) is 143 Å². The molecule has 0 saturated heterocycles. The van der Waals surface area contributed by atoms with Crippen LogP contribution < -0.4 is 5.01 Å². The van der Waals surface area contributed by atoms with Gasteiger partial charge in [-0.25, -0.2) is 0 Å². The van der Waals surface area contributed by atoms with E-state index in [1.165, 1.54) is 11.1 Å². The van der Waals surface area contributed by atoms with Gasteiger partial charge in [-0.05, 0) is 58.5 Å². The Morgan fingerprint density at radius 3 is 1.95 bits per heavy atom. The Morgan fingerprint density at radius 2 is 1.32 bits per heavy atom. The lowest BCUT2D eigenvalue weighted by Gasteiger charge is -2.21. The van der Waals surface area contributed by atoms with Gasteiger partial charge in [0.25, 0.3) is 0 Å². The van der Waals surface area contributed by atoms with E-state index >= 15 is 0 Å². The van der Waals surface area contributed by atoms with Crippen LogP contribution >= 0.6 is 0 Å². The van der Waals surface area contributed by atoms with Crippen LogP contribution in [0.15, 0.2) is 120 Å². The third kappa shape index (κ3) is 6.08. The summed E-state index contributed by atoms with van der Waals surface area (Å²) in [5.41, 5.74) is 8.05. The molecule has 182 valence electrons. The van der Waals surface area contributed by atoms with Crippen LogP contribution in [0, 0.1) is 11.8 Å². The number of para-hydroxylation sites is 1. The van der Waals surface area contributed by atoms with Gasteiger partial charge >= 0.3 is 0 Å². The minimum absolute atomic E-state index is 0.150. The highest BCUT2D eigenvalue weighted by molar-refractivity contribution is 6.03. The van der Waals surface area contributed by atoms with Gasteiger partial charge in [0.2, 0.25) is 0 Å². The van der Waals surface area contributed by atoms with Crippen LogP contribution in [0.3, 0.4) is 0 Å². The maximum atomic E-state index is 5.05. The van der Waals surface area contributed by atoms with E-state index in [0.29, 0.717) is 0 Å². The maximum Gasteiger partial charge on any atom is 0.0765 e. The summed E-state index contributed by atoms with van der Waals surface area (Å²) < 4.78 is 0. The lowest BCUT2D eigenvalue weighted by atomic mass is 9.86. The van der Waals surface area contributed by atoms with Gasteiger partial charge in [-0.3, -0.25) is 5.01 Å². The van der Waals surface area contributed by atoms with Crippen LogP contribution in [-0.2, 0) is 5.41 Å². The smallest absolute Gasteiger partial charge is 0.0765 e. The highest BCUT2D eigenvalue weighted by Crippen LogP contribution is 2.28. The molecule has 5 rings (SSSR count). The molecule has 1 unspecified atom stereocenters. The standard InChI is InChI=1S/C35H32N2/c1-35(2,3)31-23-18-29(19-24-31)20-25-33-26-34(36-37(33)32-12-8-5-9-13-32)30-21-16-28(17-22-30)15-14-27-10-6-4-7-11-27/h4-13,16-25,33H,26H2,1-3H3. The van der Waals surface area contributed by atoms with E-state index in [2.05, 4.69) is 123 Å². The minimum Gasteiger partial charge on any atom is -0.258 e. The molecule has 1 atom stereocenters. The fourth-order valence-corrected chi connectivity index (χ4v) is 4.41. The van der Waals surface area contributed by atoms with Crippen molar-refractivity contribution in [1.29, 1.82) is 0 Å². The number of anilines is 1. The van der Waals surface area contributed by atoms with Crippen molar-refractivity contribution >= 4 is 17.5 Å². The highest BCUT2D eigenvalue weighted by atomic mass is 15.5. The molecule has 4 aromatic carbocycles. The van der Waals surface area contributed by atoms with Crippen LogP contribution in [-0.4, -0.2) is 11.8 Å². The molecular weight excluding hydrogens is 448 g/mol. The first-order valence-corrected chi connectivity index (χ1v) is 12.8. The summed E-state index contributed by atoms with van der Waals surface area (Å²) in [6, 6.07) is 37.9. The summed E-state index contributed by atoms with van der Waals surface area (Å²) in [7, 11) is 0. The molecule has 0 N–H and O–H groups in total. The summed E-state index contributed by atoms with van der Waals surface area (Å²) in [6.07, 6.45) is 5.34. The van der Waals surface area contributed by atoms with E-state index in [4.69, 9.17) is 5.10 Å². The van der Waals surface area contributed by atoms with Crippen LogP contribution in [0.2, 0.25) is 0 Å². The average Bonchev–Trinajstić information content (AvgIpc) is 3.36. The summed E-state index contributed by atoms with van der Waals surface area (Å²) >= 11 is 0. The van der Waals surface area contributed by atoms with E-state index < -0.39 is 0 Å². The van der Waals surface area contributed by atoms with Crippen molar-refractivity contribution in [3.63, 3.8) is 0 Å². The zero-order chi connectivity index (χ0) is 25.7. The molecule has 4 aromatic rings. The molecule has 0 fully saturated rings. The molecule has 2 nitrogen and oxygen atoms in total. The maximum absolute atomic E-state index is 5.05. The van der Waals surface area contributed by atoms with Gasteiger partial charge in [0, 0.05) is 17.5 Å². The molecule has 0 bridgehead atoms. The van der Waals surface area contributed by atoms with Crippen molar-refractivity contribution in [2.75, 3.05) is 5.01 Å². The molecule has 1 heterocycles. The second-order valence-electron chi connectivity index (χ2n) is 10.4. The quantitative estimate of drug-likeness (QED) is 0.270. The minimum atomic E-state index is 0.150.